The molecule has 1 fully saturated rings. The molecule has 0 spiro atoms. The van der Waals surface area contributed by atoms with Gasteiger partial charge in [0.15, 0.2) is 10.0 Å². The van der Waals surface area contributed by atoms with E-state index < -0.39 is 32.4 Å². The number of hydrogen-bond acceptors (Lipinski definition) is 5. The number of halogens is 4. The fourth-order valence-electron chi connectivity index (χ4n) is 3.22. The molecule has 3 aromatic rings. The molecule has 158 valence electrons. The molecule has 0 N–H and O–H groups in total. The highest BCUT2D eigenvalue weighted by molar-refractivity contribution is 7.89. The first-order chi connectivity index (χ1) is 14.3. The Kier molecular flexibility index (Phi) is 5.75. The predicted molar refractivity (Wildman–Crippen MR) is 110 cm³/mol. The van der Waals surface area contributed by atoms with Gasteiger partial charge < -0.3 is 4.90 Å². The number of thiazole rings is 1. The van der Waals surface area contributed by atoms with Gasteiger partial charge in [0.05, 0.1) is 5.69 Å². The molecule has 1 saturated heterocycles. The molecular formula is C19H15ClF3N3O2S2. The highest BCUT2D eigenvalue weighted by atomic mass is 35.5. The van der Waals surface area contributed by atoms with E-state index in [9.17, 15) is 21.6 Å². The Morgan fingerprint density at radius 2 is 1.67 bits per heavy atom. The average Bonchev–Trinajstić information content (AvgIpc) is 3.17. The van der Waals surface area contributed by atoms with Crippen LogP contribution in [0, 0.1) is 17.5 Å². The molecule has 0 amide bonds. The zero-order chi connectivity index (χ0) is 21.5. The molecule has 0 atom stereocenters. The molecule has 0 aliphatic carbocycles. The number of hydrogen-bond donors (Lipinski definition) is 0. The van der Waals surface area contributed by atoms with Crippen LogP contribution in [0.3, 0.4) is 0 Å². The number of aromatic nitrogens is 1. The first-order valence-corrected chi connectivity index (χ1v) is 11.6. The van der Waals surface area contributed by atoms with Gasteiger partial charge in [-0.1, -0.05) is 17.7 Å². The number of sulfonamides is 1. The van der Waals surface area contributed by atoms with Crippen molar-refractivity contribution in [3.63, 3.8) is 0 Å². The summed E-state index contributed by atoms with van der Waals surface area (Å²) in [5.41, 5.74) is 1.10. The minimum absolute atomic E-state index is 0.0524. The molecule has 4 rings (SSSR count). The van der Waals surface area contributed by atoms with E-state index in [-0.39, 0.29) is 18.1 Å². The fourth-order valence-corrected chi connectivity index (χ4v) is 5.86. The van der Waals surface area contributed by atoms with E-state index >= 15 is 0 Å². The van der Waals surface area contributed by atoms with Crippen molar-refractivity contribution in [2.24, 2.45) is 0 Å². The van der Waals surface area contributed by atoms with E-state index in [2.05, 4.69) is 4.98 Å². The molecule has 11 heteroatoms. The van der Waals surface area contributed by atoms with Gasteiger partial charge >= 0.3 is 0 Å². The molecule has 0 saturated carbocycles. The van der Waals surface area contributed by atoms with Gasteiger partial charge in [0, 0.05) is 42.1 Å². The van der Waals surface area contributed by atoms with Gasteiger partial charge in [-0.05, 0) is 30.3 Å². The smallest absolute Gasteiger partial charge is 0.249 e. The summed E-state index contributed by atoms with van der Waals surface area (Å²) in [5, 5.41) is 2.66. The highest BCUT2D eigenvalue weighted by Crippen LogP contribution is 2.31. The topological polar surface area (TPSA) is 53.5 Å². The maximum atomic E-state index is 14.0. The molecule has 0 bridgehead atoms. The van der Waals surface area contributed by atoms with E-state index in [4.69, 9.17) is 11.6 Å². The summed E-state index contributed by atoms with van der Waals surface area (Å²) in [6, 6.07) is 7.10. The van der Waals surface area contributed by atoms with Crippen LogP contribution in [0.25, 0.3) is 11.3 Å². The predicted octanol–water partition coefficient (Wildman–Crippen LogP) is 4.39. The Morgan fingerprint density at radius 3 is 2.30 bits per heavy atom. The Labute approximate surface area is 180 Å². The molecule has 30 heavy (non-hydrogen) atoms. The van der Waals surface area contributed by atoms with Crippen LogP contribution in [0.5, 0.6) is 0 Å². The monoisotopic (exact) mass is 473 g/mol. The molecule has 0 radical (unpaired) electrons. The number of benzene rings is 2. The van der Waals surface area contributed by atoms with Gasteiger partial charge in [-0.3, -0.25) is 0 Å². The standard InChI is InChI=1S/C19H15ClF3N3O2S2/c20-13-8-12(9-14(21)10-13)17-11-29-19(24-17)25-4-6-26(7-5-25)30(27,28)18-15(22)2-1-3-16(18)23/h1-3,8-11H,4-7H2. The Morgan fingerprint density at radius 1 is 1.00 bits per heavy atom. The largest absolute Gasteiger partial charge is 0.345 e. The summed E-state index contributed by atoms with van der Waals surface area (Å²) in [6.45, 7) is 0.700. The lowest BCUT2D eigenvalue weighted by Gasteiger charge is -2.33. The highest BCUT2D eigenvalue weighted by Gasteiger charge is 2.33. The number of anilines is 1. The fraction of sp³-hybridized carbons (Fsp3) is 0.211. The molecular weight excluding hydrogens is 459 g/mol. The normalized spacial score (nSPS) is 15.5. The second-order valence-corrected chi connectivity index (χ2v) is 9.76. The van der Waals surface area contributed by atoms with Gasteiger partial charge in [0.25, 0.3) is 0 Å². The molecule has 1 aliphatic heterocycles. The molecule has 1 aromatic heterocycles. The van der Waals surface area contributed by atoms with Crippen LogP contribution in [-0.4, -0.2) is 43.9 Å². The van der Waals surface area contributed by atoms with Gasteiger partial charge in [-0.2, -0.15) is 4.31 Å². The maximum absolute atomic E-state index is 14.0. The van der Waals surface area contributed by atoms with Crippen LogP contribution in [0.2, 0.25) is 5.02 Å². The zero-order valence-electron chi connectivity index (χ0n) is 15.4. The van der Waals surface area contributed by atoms with Crippen molar-refractivity contribution in [3.8, 4) is 11.3 Å². The van der Waals surface area contributed by atoms with Crippen molar-refractivity contribution < 1.29 is 21.6 Å². The van der Waals surface area contributed by atoms with E-state index in [1.165, 1.54) is 23.5 Å². The summed E-state index contributed by atoms with van der Waals surface area (Å²) in [5.74, 6) is -2.70. The van der Waals surface area contributed by atoms with E-state index in [1.54, 1.807) is 11.4 Å². The number of rotatable bonds is 4. The van der Waals surface area contributed by atoms with Crippen molar-refractivity contribution in [1.29, 1.82) is 0 Å². The van der Waals surface area contributed by atoms with Crippen LogP contribution in [0.15, 0.2) is 46.7 Å². The van der Waals surface area contributed by atoms with E-state index in [0.717, 1.165) is 22.5 Å². The molecule has 0 unspecified atom stereocenters. The quantitative estimate of drug-likeness (QED) is 0.564. The second kappa shape index (κ2) is 8.18. The lowest BCUT2D eigenvalue weighted by Crippen LogP contribution is -2.49. The van der Waals surface area contributed by atoms with Crippen LogP contribution in [-0.2, 0) is 10.0 Å². The number of piperazine rings is 1. The SMILES string of the molecule is O=S(=O)(c1c(F)cccc1F)N1CCN(c2nc(-c3cc(F)cc(Cl)c3)cs2)CC1. The Hall–Kier alpha value is -2.14. The summed E-state index contributed by atoms with van der Waals surface area (Å²) in [7, 11) is -4.29. The van der Waals surface area contributed by atoms with E-state index in [0.29, 0.717) is 29.5 Å². The third-order valence-electron chi connectivity index (χ3n) is 4.68. The van der Waals surface area contributed by atoms with Gasteiger partial charge in [0.1, 0.15) is 17.5 Å². The third kappa shape index (κ3) is 4.04. The zero-order valence-corrected chi connectivity index (χ0v) is 17.7. The van der Waals surface area contributed by atoms with Gasteiger partial charge in [0.2, 0.25) is 10.0 Å². The Balaban J connectivity index is 1.50. The average molecular weight is 474 g/mol. The van der Waals surface area contributed by atoms with Crippen LogP contribution in [0.1, 0.15) is 0 Å². The van der Waals surface area contributed by atoms with E-state index in [1.807, 2.05) is 4.90 Å². The minimum atomic E-state index is -4.29. The molecule has 1 aliphatic rings. The minimum Gasteiger partial charge on any atom is -0.345 e. The molecule has 2 heterocycles. The van der Waals surface area contributed by atoms with Crippen molar-refractivity contribution in [2.45, 2.75) is 4.90 Å². The third-order valence-corrected chi connectivity index (χ3v) is 7.75. The van der Waals surface area contributed by atoms with Crippen molar-refractivity contribution >= 4 is 38.1 Å². The first kappa shape index (κ1) is 21.1. The van der Waals surface area contributed by atoms with Crippen LogP contribution >= 0.6 is 22.9 Å². The van der Waals surface area contributed by atoms with Crippen molar-refractivity contribution in [2.75, 3.05) is 31.1 Å². The molecule has 2 aromatic carbocycles. The number of nitrogens with zero attached hydrogens (tertiary/aromatic N) is 3. The molecule has 5 nitrogen and oxygen atoms in total. The van der Waals surface area contributed by atoms with Crippen molar-refractivity contribution in [1.82, 2.24) is 9.29 Å². The second-order valence-electron chi connectivity index (χ2n) is 6.62. The summed E-state index contributed by atoms with van der Waals surface area (Å²) >= 11 is 7.23. The van der Waals surface area contributed by atoms with Crippen molar-refractivity contribution in [3.05, 3.63) is 64.3 Å². The summed E-state index contributed by atoms with van der Waals surface area (Å²) in [4.78, 5) is 5.43. The van der Waals surface area contributed by atoms with Crippen LogP contribution in [0.4, 0.5) is 18.3 Å². The van der Waals surface area contributed by atoms with Gasteiger partial charge in [-0.25, -0.2) is 26.6 Å². The summed E-state index contributed by atoms with van der Waals surface area (Å²) < 4.78 is 68.0. The maximum Gasteiger partial charge on any atom is 0.249 e. The summed E-state index contributed by atoms with van der Waals surface area (Å²) in [6.07, 6.45) is 0. The van der Waals surface area contributed by atoms with Gasteiger partial charge in [-0.15, -0.1) is 11.3 Å². The first-order valence-electron chi connectivity index (χ1n) is 8.87. The Bertz CT molecular complexity index is 1150. The van der Waals surface area contributed by atoms with Crippen LogP contribution < -0.4 is 4.90 Å². The lowest BCUT2D eigenvalue weighted by atomic mass is 10.2. The lowest BCUT2D eigenvalue weighted by molar-refractivity contribution is 0.378.